The molecule has 0 unspecified atom stereocenters. The summed E-state index contributed by atoms with van der Waals surface area (Å²) in [7, 11) is 1.84. The number of hydrogen-bond acceptors (Lipinski definition) is 5. The number of nitrogens with zero attached hydrogens (tertiary/aromatic N) is 4. The third kappa shape index (κ3) is 3.32. The molecule has 142 valence electrons. The van der Waals surface area contributed by atoms with Gasteiger partial charge in [0.25, 0.3) is 5.91 Å². The Hall–Kier alpha value is -3.68. The number of anilines is 2. The summed E-state index contributed by atoms with van der Waals surface area (Å²) < 4.78 is 1.70. The second-order valence-corrected chi connectivity index (χ2v) is 6.57. The third-order valence-corrected chi connectivity index (χ3v) is 4.53. The molecule has 0 aliphatic rings. The molecule has 0 bridgehead atoms. The normalized spacial score (nSPS) is 11.0. The average Bonchev–Trinajstić information content (AvgIpc) is 3.28. The first-order chi connectivity index (χ1) is 13.5. The zero-order chi connectivity index (χ0) is 19.7. The van der Waals surface area contributed by atoms with Crippen molar-refractivity contribution in [2.45, 2.75) is 13.8 Å². The smallest absolute Gasteiger partial charge is 0.251 e. The molecule has 2 aromatic heterocycles. The van der Waals surface area contributed by atoms with Crippen LogP contribution in [0.4, 0.5) is 11.6 Å². The Morgan fingerprint density at radius 2 is 2.07 bits per heavy atom. The summed E-state index contributed by atoms with van der Waals surface area (Å²) in [5, 5.41) is 18.6. The topological polar surface area (TPSA) is 101 Å². The predicted molar refractivity (Wildman–Crippen MR) is 109 cm³/mol. The minimum Gasteiger partial charge on any atom is -0.352 e. The molecule has 0 spiro atoms. The molecule has 0 fully saturated rings. The molecule has 0 aliphatic heterocycles. The van der Waals surface area contributed by atoms with Crippen LogP contribution in [0, 0.1) is 6.92 Å². The number of rotatable bonds is 5. The van der Waals surface area contributed by atoms with Crippen LogP contribution in [0.3, 0.4) is 0 Å². The fraction of sp³-hybridized carbons (Fsp3) is 0.200. The number of H-pyrrole nitrogens is 1. The van der Waals surface area contributed by atoms with Crippen LogP contribution in [0.15, 0.2) is 42.6 Å². The van der Waals surface area contributed by atoms with Gasteiger partial charge in [-0.15, -0.1) is 5.10 Å². The molecule has 28 heavy (non-hydrogen) atoms. The number of benzene rings is 2. The molecule has 0 saturated heterocycles. The maximum Gasteiger partial charge on any atom is 0.251 e. The molecule has 2 aromatic carbocycles. The molecule has 0 saturated carbocycles. The number of nitrogens with one attached hydrogen (secondary N) is 3. The van der Waals surface area contributed by atoms with E-state index in [4.69, 9.17) is 0 Å². The Labute approximate surface area is 162 Å². The SMILES string of the molecule is CCNC(=O)c1ccc(-c2nc(Nc3ccc4[nH]ncc4c3)n(C)n2)cc1C. The van der Waals surface area contributed by atoms with Crippen LogP contribution in [0.1, 0.15) is 22.8 Å². The molecular formula is C20H21N7O. The maximum absolute atomic E-state index is 12.1. The highest BCUT2D eigenvalue weighted by atomic mass is 16.1. The Balaban J connectivity index is 1.60. The lowest BCUT2D eigenvalue weighted by Gasteiger charge is -2.07. The van der Waals surface area contributed by atoms with Gasteiger partial charge in [0.2, 0.25) is 5.95 Å². The van der Waals surface area contributed by atoms with E-state index in [9.17, 15) is 4.79 Å². The quantitative estimate of drug-likeness (QED) is 0.497. The van der Waals surface area contributed by atoms with Gasteiger partial charge < -0.3 is 10.6 Å². The highest BCUT2D eigenvalue weighted by molar-refractivity contribution is 5.96. The number of aromatic amines is 1. The fourth-order valence-electron chi connectivity index (χ4n) is 3.08. The van der Waals surface area contributed by atoms with Crippen molar-refractivity contribution >= 4 is 28.4 Å². The molecule has 0 atom stereocenters. The lowest BCUT2D eigenvalue weighted by Crippen LogP contribution is -2.23. The van der Waals surface area contributed by atoms with Crippen molar-refractivity contribution in [3.8, 4) is 11.4 Å². The van der Waals surface area contributed by atoms with E-state index in [1.807, 2.05) is 57.3 Å². The van der Waals surface area contributed by atoms with E-state index in [-0.39, 0.29) is 5.91 Å². The number of carbonyl (C=O) groups excluding carboxylic acids is 1. The van der Waals surface area contributed by atoms with Gasteiger partial charge in [-0.3, -0.25) is 9.89 Å². The number of aromatic nitrogens is 5. The minimum absolute atomic E-state index is 0.0717. The van der Waals surface area contributed by atoms with Crippen molar-refractivity contribution in [2.24, 2.45) is 7.05 Å². The van der Waals surface area contributed by atoms with Crippen molar-refractivity contribution in [3.05, 3.63) is 53.7 Å². The van der Waals surface area contributed by atoms with E-state index in [1.165, 1.54) is 0 Å². The maximum atomic E-state index is 12.1. The van der Waals surface area contributed by atoms with Crippen molar-refractivity contribution in [1.29, 1.82) is 0 Å². The van der Waals surface area contributed by atoms with Gasteiger partial charge in [0.05, 0.1) is 11.7 Å². The lowest BCUT2D eigenvalue weighted by atomic mass is 10.0. The van der Waals surface area contributed by atoms with E-state index in [2.05, 4.69) is 30.9 Å². The van der Waals surface area contributed by atoms with Gasteiger partial charge in [-0.05, 0) is 49.7 Å². The summed E-state index contributed by atoms with van der Waals surface area (Å²) in [5.74, 6) is 1.15. The number of aryl methyl sites for hydroxylation is 2. The zero-order valence-electron chi connectivity index (χ0n) is 15.9. The summed E-state index contributed by atoms with van der Waals surface area (Å²) in [6, 6.07) is 11.5. The number of amides is 1. The molecule has 0 aliphatic carbocycles. The summed E-state index contributed by atoms with van der Waals surface area (Å²) in [4.78, 5) is 16.7. The Morgan fingerprint density at radius 1 is 1.21 bits per heavy atom. The first kappa shape index (κ1) is 17.7. The van der Waals surface area contributed by atoms with E-state index in [0.29, 0.717) is 23.9 Å². The molecule has 1 amide bonds. The van der Waals surface area contributed by atoms with Gasteiger partial charge in [-0.25, -0.2) is 4.68 Å². The number of carbonyl (C=O) groups is 1. The van der Waals surface area contributed by atoms with Crippen molar-refractivity contribution in [2.75, 3.05) is 11.9 Å². The van der Waals surface area contributed by atoms with Crippen molar-refractivity contribution < 1.29 is 4.79 Å². The standard InChI is InChI=1S/C20H21N7O/c1-4-21-19(28)16-7-5-13(9-12(16)2)18-24-20(27(3)26-18)23-15-6-8-17-14(10-15)11-22-25-17/h5-11H,4H2,1-3H3,(H,21,28)(H,22,25)(H,23,24,26). The summed E-state index contributed by atoms with van der Waals surface area (Å²) in [6.07, 6.45) is 1.78. The van der Waals surface area contributed by atoms with Crippen LogP contribution in [-0.2, 0) is 7.05 Å². The molecule has 3 N–H and O–H groups in total. The van der Waals surface area contributed by atoms with Gasteiger partial charge in [0.15, 0.2) is 5.82 Å². The van der Waals surface area contributed by atoms with Crippen LogP contribution in [0.25, 0.3) is 22.3 Å². The second kappa shape index (κ2) is 7.15. The van der Waals surface area contributed by atoms with Gasteiger partial charge in [0.1, 0.15) is 0 Å². The average molecular weight is 375 g/mol. The highest BCUT2D eigenvalue weighted by Crippen LogP contribution is 2.24. The van der Waals surface area contributed by atoms with E-state index >= 15 is 0 Å². The first-order valence-electron chi connectivity index (χ1n) is 9.05. The summed E-state index contributed by atoms with van der Waals surface area (Å²) in [6.45, 7) is 4.41. The fourth-order valence-corrected chi connectivity index (χ4v) is 3.08. The largest absolute Gasteiger partial charge is 0.352 e. The molecule has 8 heteroatoms. The summed E-state index contributed by atoms with van der Waals surface area (Å²) >= 11 is 0. The lowest BCUT2D eigenvalue weighted by molar-refractivity contribution is 0.0955. The van der Waals surface area contributed by atoms with Crippen LogP contribution < -0.4 is 10.6 Å². The van der Waals surface area contributed by atoms with E-state index in [1.54, 1.807) is 10.9 Å². The molecule has 2 heterocycles. The second-order valence-electron chi connectivity index (χ2n) is 6.57. The monoisotopic (exact) mass is 375 g/mol. The Kier molecular flexibility index (Phi) is 4.52. The molecule has 4 aromatic rings. The highest BCUT2D eigenvalue weighted by Gasteiger charge is 2.13. The van der Waals surface area contributed by atoms with Gasteiger partial charge in [0, 0.05) is 35.8 Å². The van der Waals surface area contributed by atoms with Gasteiger partial charge in [-0.1, -0.05) is 6.07 Å². The molecule has 4 rings (SSSR count). The van der Waals surface area contributed by atoms with Gasteiger partial charge in [-0.2, -0.15) is 10.1 Å². The Bertz CT molecular complexity index is 1160. The minimum atomic E-state index is -0.0717. The number of fused-ring (bicyclic) bond motifs is 1. The van der Waals surface area contributed by atoms with Crippen LogP contribution in [0.5, 0.6) is 0 Å². The third-order valence-electron chi connectivity index (χ3n) is 4.53. The van der Waals surface area contributed by atoms with Crippen molar-refractivity contribution in [1.82, 2.24) is 30.3 Å². The zero-order valence-corrected chi connectivity index (χ0v) is 15.9. The van der Waals surface area contributed by atoms with Crippen molar-refractivity contribution in [3.63, 3.8) is 0 Å². The molecular weight excluding hydrogens is 354 g/mol. The van der Waals surface area contributed by atoms with Gasteiger partial charge >= 0.3 is 0 Å². The first-order valence-corrected chi connectivity index (χ1v) is 9.05. The van der Waals surface area contributed by atoms with Crippen LogP contribution >= 0.6 is 0 Å². The van der Waals surface area contributed by atoms with Crippen LogP contribution in [-0.4, -0.2) is 37.4 Å². The number of hydrogen-bond donors (Lipinski definition) is 3. The van der Waals surface area contributed by atoms with E-state index in [0.717, 1.165) is 27.7 Å². The molecule has 0 radical (unpaired) electrons. The summed E-state index contributed by atoms with van der Waals surface area (Å²) in [5.41, 5.74) is 4.29. The molecule has 8 nitrogen and oxygen atoms in total. The Morgan fingerprint density at radius 3 is 2.86 bits per heavy atom. The predicted octanol–water partition coefficient (Wildman–Crippen LogP) is 3.16. The van der Waals surface area contributed by atoms with E-state index < -0.39 is 0 Å². The van der Waals surface area contributed by atoms with Crippen LogP contribution in [0.2, 0.25) is 0 Å².